The van der Waals surface area contributed by atoms with E-state index in [-0.39, 0.29) is 0 Å². The number of aliphatic carboxylic acids is 1. The highest BCUT2D eigenvalue weighted by Gasteiger charge is 2.10. The van der Waals surface area contributed by atoms with Gasteiger partial charge in [0, 0.05) is 5.70 Å². The van der Waals surface area contributed by atoms with Crippen LogP contribution in [0.3, 0.4) is 0 Å². The van der Waals surface area contributed by atoms with E-state index >= 15 is 0 Å². The summed E-state index contributed by atoms with van der Waals surface area (Å²) in [4.78, 5) is 10.5. The van der Waals surface area contributed by atoms with E-state index in [2.05, 4.69) is 0 Å². The summed E-state index contributed by atoms with van der Waals surface area (Å²) in [6.07, 6.45) is 3.68. The molecule has 92 valence electrons. The molecule has 0 radical (unpaired) electrons. The minimum atomic E-state index is -0.962. The predicted molar refractivity (Wildman–Crippen MR) is 68.1 cm³/mol. The smallest absolute Gasteiger partial charge is 0.320 e. The van der Waals surface area contributed by atoms with Crippen molar-refractivity contribution in [2.45, 2.75) is 25.3 Å². The fourth-order valence-electron chi connectivity index (χ4n) is 1.49. The van der Waals surface area contributed by atoms with Crippen LogP contribution in [0, 0.1) is 0 Å². The molecule has 4 heteroatoms. The number of rotatable bonds is 6. The van der Waals surface area contributed by atoms with Gasteiger partial charge in [0.05, 0.1) is 0 Å². The van der Waals surface area contributed by atoms with Crippen molar-refractivity contribution in [1.29, 1.82) is 0 Å². The number of benzene rings is 1. The molecule has 0 bridgehead atoms. The monoisotopic (exact) mass is 234 g/mol. The number of nitrogens with two attached hydrogens (primary N) is 2. The molecule has 0 heterocycles. The van der Waals surface area contributed by atoms with Gasteiger partial charge in [-0.15, -0.1) is 0 Å². The van der Waals surface area contributed by atoms with Crippen LogP contribution in [0.1, 0.15) is 24.8 Å². The van der Waals surface area contributed by atoms with Gasteiger partial charge in [-0.1, -0.05) is 30.3 Å². The first kappa shape index (κ1) is 13.3. The predicted octanol–water partition coefficient (Wildman–Crippen LogP) is 1.57. The SMILES string of the molecule is NC(=Cc1ccccc1)CCC[C@H](N)C(=O)O. The highest BCUT2D eigenvalue weighted by Crippen LogP contribution is 2.09. The molecular weight excluding hydrogens is 216 g/mol. The zero-order valence-electron chi connectivity index (χ0n) is 9.67. The average Bonchev–Trinajstić information content (AvgIpc) is 2.30. The van der Waals surface area contributed by atoms with Crippen molar-refractivity contribution in [3.05, 3.63) is 41.6 Å². The van der Waals surface area contributed by atoms with E-state index in [0.717, 1.165) is 11.3 Å². The molecule has 0 aliphatic heterocycles. The van der Waals surface area contributed by atoms with E-state index in [4.69, 9.17) is 16.6 Å². The van der Waals surface area contributed by atoms with Crippen LogP contribution >= 0.6 is 0 Å². The highest BCUT2D eigenvalue weighted by molar-refractivity contribution is 5.72. The van der Waals surface area contributed by atoms with Gasteiger partial charge in [-0.3, -0.25) is 4.79 Å². The fraction of sp³-hybridized carbons (Fsp3) is 0.308. The Morgan fingerprint density at radius 3 is 2.59 bits per heavy atom. The Bertz CT molecular complexity index is 388. The highest BCUT2D eigenvalue weighted by atomic mass is 16.4. The van der Waals surface area contributed by atoms with E-state index in [9.17, 15) is 4.79 Å². The molecule has 0 aromatic heterocycles. The lowest BCUT2D eigenvalue weighted by Crippen LogP contribution is -2.29. The zero-order valence-corrected chi connectivity index (χ0v) is 9.67. The van der Waals surface area contributed by atoms with Gasteiger partial charge in [0.25, 0.3) is 0 Å². The Morgan fingerprint density at radius 1 is 1.35 bits per heavy atom. The number of carboxylic acids is 1. The summed E-state index contributed by atoms with van der Waals surface area (Å²) in [6.45, 7) is 0. The van der Waals surface area contributed by atoms with Gasteiger partial charge < -0.3 is 16.6 Å². The third-order valence-electron chi connectivity index (χ3n) is 2.45. The second-order valence-electron chi connectivity index (χ2n) is 3.97. The Hall–Kier alpha value is -1.81. The van der Waals surface area contributed by atoms with Crippen LogP contribution in [0.15, 0.2) is 36.0 Å². The lowest BCUT2D eigenvalue weighted by atomic mass is 10.1. The summed E-state index contributed by atoms with van der Waals surface area (Å²) in [7, 11) is 0. The molecule has 0 unspecified atom stereocenters. The number of carboxylic acid groups (broad SMARTS) is 1. The minimum Gasteiger partial charge on any atom is -0.480 e. The van der Waals surface area contributed by atoms with Crippen molar-refractivity contribution in [2.24, 2.45) is 11.5 Å². The zero-order chi connectivity index (χ0) is 12.7. The van der Waals surface area contributed by atoms with Crippen molar-refractivity contribution in [3.63, 3.8) is 0 Å². The molecule has 1 rings (SSSR count). The number of hydrogen-bond acceptors (Lipinski definition) is 3. The molecular formula is C13H18N2O2. The van der Waals surface area contributed by atoms with Crippen LogP contribution < -0.4 is 11.5 Å². The number of carbonyl (C=O) groups is 1. The quantitative estimate of drug-likeness (QED) is 0.697. The maximum absolute atomic E-state index is 10.5. The molecule has 17 heavy (non-hydrogen) atoms. The van der Waals surface area contributed by atoms with Crippen molar-refractivity contribution >= 4 is 12.0 Å². The van der Waals surface area contributed by atoms with Crippen molar-refractivity contribution in [2.75, 3.05) is 0 Å². The normalized spacial score (nSPS) is 13.4. The molecule has 0 aliphatic carbocycles. The summed E-state index contributed by atoms with van der Waals surface area (Å²) < 4.78 is 0. The molecule has 4 nitrogen and oxygen atoms in total. The van der Waals surface area contributed by atoms with Crippen LogP contribution in [0.4, 0.5) is 0 Å². The van der Waals surface area contributed by atoms with E-state index in [1.54, 1.807) is 0 Å². The van der Waals surface area contributed by atoms with E-state index in [1.807, 2.05) is 36.4 Å². The van der Waals surface area contributed by atoms with Crippen molar-refractivity contribution < 1.29 is 9.90 Å². The van der Waals surface area contributed by atoms with Crippen LogP contribution in [0.25, 0.3) is 6.08 Å². The molecule has 0 spiro atoms. The molecule has 1 aromatic carbocycles. The van der Waals surface area contributed by atoms with Gasteiger partial charge in [0.15, 0.2) is 0 Å². The second kappa shape index (κ2) is 6.70. The standard InChI is InChI=1S/C13H18N2O2/c14-11(7-4-8-12(15)13(16)17)9-10-5-2-1-3-6-10/h1-3,5-6,9,12H,4,7-8,14-15H2,(H,16,17)/t12-/m0/s1. The Balaban J connectivity index is 2.37. The molecule has 0 saturated carbocycles. The summed E-state index contributed by atoms with van der Waals surface area (Å²) in [6, 6.07) is 8.98. The average molecular weight is 234 g/mol. The molecule has 1 atom stereocenters. The molecule has 0 fully saturated rings. The Morgan fingerprint density at radius 2 is 2.00 bits per heavy atom. The molecule has 0 saturated heterocycles. The third-order valence-corrected chi connectivity index (χ3v) is 2.45. The summed E-state index contributed by atoms with van der Waals surface area (Å²) >= 11 is 0. The van der Waals surface area contributed by atoms with Gasteiger partial charge in [0.1, 0.15) is 6.04 Å². The molecule has 1 aromatic rings. The van der Waals surface area contributed by atoms with Gasteiger partial charge in [0.2, 0.25) is 0 Å². The van der Waals surface area contributed by atoms with Gasteiger partial charge >= 0.3 is 5.97 Å². The van der Waals surface area contributed by atoms with Crippen LogP contribution in [-0.2, 0) is 4.79 Å². The lowest BCUT2D eigenvalue weighted by molar-refractivity contribution is -0.138. The Kier molecular flexibility index (Phi) is 5.23. The van der Waals surface area contributed by atoms with Gasteiger partial charge in [-0.2, -0.15) is 0 Å². The molecule has 0 aliphatic rings. The molecule has 5 N–H and O–H groups in total. The maximum Gasteiger partial charge on any atom is 0.320 e. The molecule has 0 amide bonds. The van der Waals surface area contributed by atoms with Crippen LogP contribution in [-0.4, -0.2) is 17.1 Å². The summed E-state index contributed by atoms with van der Waals surface area (Å²) in [5.41, 5.74) is 13.0. The van der Waals surface area contributed by atoms with E-state index in [0.29, 0.717) is 19.3 Å². The lowest BCUT2D eigenvalue weighted by Gasteiger charge is -2.06. The van der Waals surface area contributed by atoms with Crippen molar-refractivity contribution in [1.82, 2.24) is 0 Å². The largest absolute Gasteiger partial charge is 0.480 e. The fourth-order valence-corrected chi connectivity index (χ4v) is 1.49. The van der Waals surface area contributed by atoms with Gasteiger partial charge in [-0.25, -0.2) is 0 Å². The first-order valence-electron chi connectivity index (χ1n) is 5.59. The second-order valence-corrected chi connectivity index (χ2v) is 3.97. The van der Waals surface area contributed by atoms with Crippen molar-refractivity contribution in [3.8, 4) is 0 Å². The first-order valence-corrected chi connectivity index (χ1v) is 5.59. The summed E-state index contributed by atoms with van der Waals surface area (Å²) in [5, 5.41) is 8.61. The number of allylic oxidation sites excluding steroid dienone is 1. The number of hydrogen-bond donors (Lipinski definition) is 3. The topological polar surface area (TPSA) is 89.3 Å². The van der Waals surface area contributed by atoms with Gasteiger partial charge in [-0.05, 0) is 30.9 Å². The third kappa shape index (κ3) is 5.17. The van der Waals surface area contributed by atoms with E-state index in [1.165, 1.54) is 0 Å². The van der Waals surface area contributed by atoms with E-state index < -0.39 is 12.0 Å². The Labute approximate surface area is 101 Å². The first-order chi connectivity index (χ1) is 8.09. The maximum atomic E-state index is 10.5. The van der Waals surface area contributed by atoms with Crippen LogP contribution in [0.2, 0.25) is 0 Å². The summed E-state index contributed by atoms with van der Waals surface area (Å²) in [5.74, 6) is -0.962. The van der Waals surface area contributed by atoms with Crippen LogP contribution in [0.5, 0.6) is 0 Å². The minimum absolute atomic E-state index is 0.443.